The summed E-state index contributed by atoms with van der Waals surface area (Å²) in [5, 5.41) is 13.1. The zero-order chi connectivity index (χ0) is 15.7. The van der Waals surface area contributed by atoms with Crippen LogP contribution < -0.4 is 5.32 Å². The summed E-state index contributed by atoms with van der Waals surface area (Å²) in [5.74, 6) is 0.935. The fourth-order valence-electron chi connectivity index (χ4n) is 4.77. The van der Waals surface area contributed by atoms with Gasteiger partial charge in [0.05, 0.1) is 11.5 Å². The predicted octanol–water partition coefficient (Wildman–Crippen LogP) is 0.680. The number of hydrogen-bond acceptors (Lipinski definition) is 4. The highest BCUT2D eigenvalue weighted by Crippen LogP contribution is 2.45. The van der Waals surface area contributed by atoms with Gasteiger partial charge in [0.1, 0.15) is 0 Å². The van der Waals surface area contributed by atoms with Crippen LogP contribution in [0.1, 0.15) is 39.5 Å². The number of nitrogens with one attached hydrogen (secondary N) is 1. The lowest BCUT2D eigenvalue weighted by Gasteiger charge is -2.46. The molecule has 0 aromatic rings. The van der Waals surface area contributed by atoms with Crippen molar-refractivity contribution in [3.63, 3.8) is 0 Å². The van der Waals surface area contributed by atoms with E-state index in [9.17, 15) is 9.90 Å². The number of carbonyl (C=O) groups is 1. The number of fused-ring (bicyclic) bond motifs is 1. The van der Waals surface area contributed by atoms with Crippen LogP contribution in [0.2, 0.25) is 0 Å². The molecule has 1 saturated carbocycles. The van der Waals surface area contributed by atoms with E-state index in [1.807, 2.05) is 6.92 Å². The number of hydrogen-bond donors (Lipinski definition) is 2. The Morgan fingerprint density at radius 2 is 2.23 bits per heavy atom. The van der Waals surface area contributed by atoms with Crippen molar-refractivity contribution in [2.24, 2.45) is 11.3 Å². The third kappa shape index (κ3) is 2.91. The number of nitrogens with zero attached hydrogens (tertiary/aromatic N) is 2. The minimum Gasteiger partial charge on any atom is -0.392 e. The molecule has 2 N–H and O–H groups in total. The summed E-state index contributed by atoms with van der Waals surface area (Å²) in [7, 11) is 0. The zero-order valence-electron chi connectivity index (χ0n) is 14.1. The summed E-state index contributed by atoms with van der Waals surface area (Å²) in [6.45, 7) is 9.10. The van der Waals surface area contributed by atoms with Crippen LogP contribution >= 0.6 is 0 Å². The second-order valence-corrected chi connectivity index (χ2v) is 7.67. The second kappa shape index (κ2) is 6.46. The Bertz CT molecular complexity index is 415. The molecule has 3 aliphatic rings. The fourth-order valence-corrected chi connectivity index (χ4v) is 4.77. The molecule has 22 heavy (non-hydrogen) atoms. The molecule has 126 valence electrons. The normalized spacial score (nSPS) is 37.9. The first-order valence-corrected chi connectivity index (χ1v) is 8.95. The minimum atomic E-state index is -0.301. The number of aliphatic hydroxyl groups is 1. The first-order valence-electron chi connectivity index (χ1n) is 8.95. The molecule has 2 heterocycles. The summed E-state index contributed by atoms with van der Waals surface area (Å²) in [6.07, 6.45) is 4.44. The van der Waals surface area contributed by atoms with E-state index in [1.54, 1.807) is 0 Å². The van der Waals surface area contributed by atoms with Crippen LogP contribution in [0.4, 0.5) is 0 Å². The SMILES string of the molecule is CC(O)CN1CCN(C(=O)[C@@]23CCCC[C@H]2CNC3)CC1C. The molecule has 5 heteroatoms. The number of amides is 1. The molecular weight excluding hydrogens is 278 g/mol. The molecule has 0 radical (unpaired) electrons. The fraction of sp³-hybridized carbons (Fsp3) is 0.941. The third-order valence-corrected chi connectivity index (χ3v) is 6.02. The lowest BCUT2D eigenvalue weighted by atomic mass is 9.67. The number of carbonyl (C=O) groups excluding carboxylic acids is 1. The van der Waals surface area contributed by atoms with Crippen LogP contribution in [0.5, 0.6) is 0 Å². The maximum absolute atomic E-state index is 13.2. The van der Waals surface area contributed by atoms with E-state index in [1.165, 1.54) is 19.3 Å². The molecule has 3 fully saturated rings. The Labute approximate surface area is 134 Å². The number of aliphatic hydroxyl groups excluding tert-OH is 1. The van der Waals surface area contributed by atoms with Gasteiger partial charge in [-0.25, -0.2) is 0 Å². The molecule has 3 rings (SSSR count). The summed E-state index contributed by atoms with van der Waals surface area (Å²) in [5.41, 5.74) is -0.121. The van der Waals surface area contributed by atoms with Crippen molar-refractivity contribution in [1.29, 1.82) is 0 Å². The predicted molar refractivity (Wildman–Crippen MR) is 86.6 cm³/mol. The van der Waals surface area contributed by atoms with Crippen molar-refractivity contribution >= 4 is 5.91 Å². The third-order valence-electron chi connectivity index (χ3n) is 6.02. The van der Waals surface area contributed by atoms with Crippen molar-refractivity contribution in [3.05, 3.63) is 0 Å². The molecule has 4 atom stereocenters. The molecule has 0 aromatic heterocycles. The molecule has 2 unspecified atom stereocenters. The Hall–Kier alpha value is -0.650. The van der Waals surface area contributed by atoms with Crippen molar-refractivity contribution in [2.45, 2.75) is 51.7 Å². The lowest BCUT2D eigenvalue weighted by Crippen LogP contribution is -2.59. The maximum atomic E-state index is 13.2. The first-order chi connectivity index (χ1) is 10.5. The van der Waals surface area contributed by atoms with Crippen LogP contribution in [0.3, 0.4) is 0 Å². The van der Waals surface area contributed by atoms with Crippen LogP contribution in [0, 0.1) is 11.3 Å². The minimum absolute atomic E-state index is 0.121. The van der Waals surface area contributed by atoms with Crippen LogP contribution in [-0.2, 0) is 4.79 Å². The van der Waals surface area contributed by atoms with E-state index in [0.717, 1.165) is 39.1 Å². The van der Waals surface area contributed by atoms with E-state index >= 15 is 0 Å². The highest BCUT2D eigenvalue weighted by Gasteiger charge is 2.51. The van der Waals surface area contributed by atoms with Gasteiger partial charge in [0.2, 0.25) is 5.91 Å². The van der Waals surface area contributed by atoms with E-state index in [2.05, 4.69) is 22.0 Å². The van der Waals surface area contributed by atoms with E-state index in [4.69, 9.17) is 0 Å². The van der Waals surface area contributed by atoms with E-state index in [0.29, 0.717) is 24.4 Å². The molecule has 2 saturated heterocycles. The van der Waals surface area contributed by atoms with Crippen molar-refractivity contribution in [1.82, 2.24) is 15.1 Å². The van der Waals surface area contributed by atoms with E-state index < -0.39 is 0 Å². The Morgan fingerprint density at radius 3 is 2.95 bits per heavy atom. The van der Waals surface area contributed by atoms with Gasteiger partial charge in [-0.3, -0.25) is 9.69 Å². The average molecular weight is 309 g/mol. The molecule has 5 nitrogen and oxygen atoms in total. The molecule has 2 aliphatic heterocycles. The number of β-amino-alcohol motifs (C(OH)–C–C–N with tert-alkyl or cyclic N) is 1. The molecule has 0 bridgehead atoms. The van der Waals surface area contributed by atoms with Gasteiger partial charge in [-0.05, 0) is 39.2 Å². The maximum Gasteiger partial charge on any atom is 0.230 e. The van der Waals surface area contributed by atoms with Gasteiger partial charge < -0.3 is 15.3 Å². The second-order valence-electron chi connectivity index (χ2n) is 7.67. The van der Waals surface area contributed by atoms with Gasteiger partial charge >= 0.3 is 0 Å². The average Bonchev–Trinajstić information content (AvgIpc) is 2.93. The molecule has 0 aromatic carbocycles. The van der Waals surface area contributed by atoms with Gasteiger partial charge in [-0.15, -0.1) is 0 Å². The lowest BCUT2D eigenvalue weighted by molar-refractivity contribution is -0.148. The highest BCUT2D eigenvalue weighted by atomic mass is 16.3. The molecule has 1 aliphatic carbocycles. The zero-order valence-corrected chi connectivity index (χ0v) is 14.1. The molecule has 0 spiro atoms. The summed E-state index contributed by atoms with van der Waals surface area (Å²) >= 11 is 0. The monoisotopic (exact) mass is 309 g/mol. The topological polar surface area (TPSA) is 55.8 Å². The number of rotatable bonds is 3. The van der Waals surface area contributed by atoms with Gasteiger partial charge in [0.25, 0.3) is 0 Å². The van der Waals surface area contributed by atoms with Crippen molar-refractivity contribution < 1.29 is 9.90 Å². The van der Waals surface area contributed by atoms with Crippen molar-refractivity contribution in [3.8, 4) is 0 Å². The van der Waals surface area contributed by atoms with Gasteiger partial charge in [-0.1, -0.05) is 12.8 Å². The van der Waals surface area contributed by atoms with Crippen LogP contribution in [-0.4, -0.2) is 72.2 Å². The quantitative estimate of drug-likeness (QED) is 0.805. The largest absolute Gasteiger partial charge is 0.392 e. The van der Waals surface area contributed by atoms with Crippen LogP contribution in [0.15, 0.2) is 0 Å². The van der Waals surface area contributed by atoms with Gasteiger partial charge in [0.15, 0.2) is 0 Å². The molecule has 1 amide bonds. The van der Waals surface area contributed by atoms with Gasteiger partial charge in [0, 0.05) is 38.8 Å². The Balaban J connectivity index is 1.66. The van der Waals surface area contributed by atoms with Crippen LogP contribution in [0.25, 0.3) is 0 Å². The molecular formula is C17H31N3O2. The smallest absolute Gasteiger partial charge is 0.230 e. The Morgan fingerprint density at radius 1 is 1.41 bits per heavy atom. The summed E-state index contributed by atoms with van der Waals surface area (Å²) in [6, 6.07) is 0.333. The van der Waals surface area contributed by atoms with Gasteiger partial charge in [-0.2, -0.15) is 0 Å². The summed E-state index contributed by atoms with van der Waals surface area (Å²) < 4.78 is 0. The summed E-state index contributed by atoms with van der Waals surface area (Å²) in [4.78, 5) is 17.7. The van der Waals surface area contributed by atoms with Crippen molar-refractivity contribution in [2.75, 3.05) is 39.3 Å². The standard InChI is InChI=1S/C17H31N3O2/c1-13-10-20(8-7-19(13)11-14(2)21)16(22)17-6-4-3-5-15(17)9-18-12-17/h13-15,18,21H,3-12H2,1-2H3/t13?,14?,15-,17+/m0/s1. The highest BCUT2D eigenvalue weighted by molar-refractivity contribution is 5.84. The van der Waals surface area contributed by atoms with E-state index in [-0.39, 0.29) is 11.5 Å². The number of piperazine rings is 1. The first kappa shape index (κ1) is 16.2. The Kier molecular flexibility index (Phi) is 4.76.